The smallest absolute Gasteiger partial charge is 0.323 e. The summed E-state index contributed by atoms with van der Waals surface area (Å²) in [5.41, 5.74) is 5.61. The first-order chi connectivity index (χ1) is 8.15. The molecule has 0 amide bonds. The van der Waals surface area contributed by atoms with Crippen molar-refractivity contribution in [1.82, 2.24) is 0 Å². The van der Waals surface area contributed by atoms with Crippen molar-refractivity contribution >= 4 is 11.9 Å². The minimum Gasteiger partial charge on any atom is -0.462 e. The van der Waals surface area contributed by atoms with Crippen LogP contribution < -0.4 is 5.73 Å². The van der Waals surface area contributed by atoms with E-state index in [0.717, 1.165) is 38.5 Å². The van der Waals surface area contributed by atoms with Gasteiger partial charge < -0.3 is 15.2 Å². The number of ether oxygens (including phenoxy) is 2. The van der Waals surface area contributed by atoms with Crippen molar-refractivity contribution in [3.05, 3.63) is 0 Å². The Morgan fingerprint density at radius 3 is 2.06 bits per heavy atom. The highest BCUT2D eigenvalue weighted by Gasteiger charge is 2.28. The maximum Gasteiger partial charge on any atom is 0.323 e. The van der Waals surface area contributed by atoms with E-state index in [0.29, 0.717) is 0 Å². The van der Waals surface area contributed by atoms with E-state index < -0.39 is 18.0 Å². The summed E-state index contributed by atoms with van der Waals surface area (Å²) < 4.78 is 10.2. The van der Waals surface area contributed by atoms with Gasteiger partial charge in [0.2, 0.25) is 0 Å². The molecular weight excluding hydrogens is 222 g/mol. The number of esters is 2. The standard InChI is InChI=1S/C12H19NO4/c13-10(12(15)17-9-5-2-6-9)7-11(14)16-8-3-1-4-8/h8-10H,1-7,13H2/t10-/m0/s1. The fraction of sp³-hybridized carbons (Fsp3) is 0.833. The van der Waals surface area contributed by atoms with Crippen LogP contribution in [0.15, 0.2) is 0 Å². The Balaban J connectivity index is 1.65. The van der Waals surface area contributed by atoms with E-state index in [9.17, 15) is 9.59 Å². The van der Waals surface area contributed by atoms with Crippen LogP contribution in [0, 0.1) is 0 Å². The minimum absolute atomic E-state index is 0.0104. The predicted octanol–water partition coefficient (Wildman–Crippen LogP) is 0.895. The first kappa shape index (κ1) is 12.4. The number of nitrogens with two attached hydrogens (primary N) is 1. The van der Waals surface area contributed by atoms with Crippen molar-refractivity contribution in [2.75, 3.05) is 0 Å². The Bertz CT molecular complexity index is 297. The summed E-state index contributed by atoms with van der Waals surface area (Å²) in [7, 11) is 0. The summed E-state index contributed by atoms with van der Waals surface area (Å²) >= 11 is 0. The lowest BCUT2D eigenvalue weighted by molar-refractivity contribution is -0.161. The second-order valence-corrected chi connectivity index (χ2v) is 4.84. The topological polar surface area (TPSA) is 78.6 Å². The van der Waals surface area contributed by atoms with Crippen LogP contribution in [0.1, 0.15) is 44.9 Å². The van der Waals surface area contributed by atoms with Crippen LogP contribution in [-0.2, 0) is 19.1 Å². The second kappa shape index (κ2) is 5.49. The first-order valence-corrected chi connectivity index (χ1v) is 6.30. The van der Waals surface area contributed by atoms with Crippen LogP contribution in [0.25, 0.3) is 0 Å². The summed E-state index contributed by atoms with van der Waals surface area (Å²) in [6.07, 6.45) is 5.83. The van der Waals surface area contributed by atoms with Gasteiger partial charge in [-0.25, -0.2) is 0 Å². The third-order valence-corrected chi connectivity index (χ3v) is 3.37. The van der Waals surface area contributed by atoms with E-state index in [1.807, 2.05) is 0 Å². The molecule has 5 heteroatoms. The van der Waals surface area contributed by atoms with Crippen molar-refractivity contribution in [3.8, 4) is 0 Å². The molecule has 0 aromatic rings. The maximum atomic E-state index is 11.5. The van der Waals surface area contributed by atoms with Gasteiger partial charge in [0.1, 0.15) is 18.2 Å². The highest BCUT2D eigenvalue weighted by molar-refractivity contribution is 5.82. The van der Waals surface area contributed by atoms with Gasteiger partial charge in [0, 0.05) is 0 Å². The third-order valence-electron chi connectivity index (χ3n) is 3.37. The van der Waals surface area contributed by atoms with Gasteiger partial charge in [-0.3, -0.25) is 9.59 Å². The lowest BCUT2D eigenvalue weighted by atomic mass is 9.96. The lowest BCUT2D eigenvalue weighted by Crippen LogP contribution is -2.39. The molecule has 0 saturated heterocycles. The van der Waals surface area contributed by atoms with Crippen molar-refractivity contribution in [3.63, 3.8) is 0 Å². The summed E-state index contributed by atoms with van der Waals surface area (Å²) in [5, 5.41) is 0. The number of carbonyl (C=O) groups is 2. The van der Waals surface area contributed by atoms with Gasteiger partial charge in [0.15, 0.2) is 0 Å². The zero-order valence-electron chi connectivity index (χ0n) is 9.89. The molecule has 2 aliphatic rings. The molecule has 0 heterocycles. The van der Waals surface area contributed by atoms with E-state index in [4.69, 9.17) is 15.2 Å². The van der Waals surface area contributed by atoms with Crippen molar-refractivity contribution in [1.29, 1.82) is 0 Å². The molecule has 0 unspecified atom stereocenters. The molecule has 0 aromatic carbocycles. The Labute approximate surface area is 101 Å². The quantitative estimate of drug-likeness (QED) is 0.723. The Hall–Kier alpha value is -1.10. The fourth-order valence-electron chi connectivity index (χ4n) is 1.73. The molecule has 0 aliphatic heterocycles. The first-order valence-electron chi connectivity index (χ1n) is 6.30. The van der Waals surface area contributed by atoms with Crippen molar-refractivity contribution in [2.24, 2.45) is 5.73 Å². The molecule has 1 atom stereocenters. The molecule has 2 saturated carbocycles. The lowest BCUT2D eigenvalue weighted by Gasteiger charge is -2.27. The highest BCUT2D eigenvalue weighted by atomic mass is 16.6. The summed E-state index contributed by atoms with van der Waals surface area (Å²) in [6.45, 7) is 0. The Morgan fingerprint density at radius 1 is 1.06 bits per heavy atom. The average Bonchev–Trinajstić information content (AvgIpc) is 2.17. The molecule has 2 rings (SSSR count). The third kappa shape index (κ3) is 3.43. The van der Waals surface area contributed by atoms with Gasteiger partial charge in [-0.2, -0.15) is 0 Å². The molecular formula is C12H19NO4. The maximum absolute atomic E-state index is 11.5. The normalized spacial score (nSPS) is 22.2. The fourth-order valence-corrected chi connectivity index (χ4v) is 1.73. The average molecular weight is 241 g/mol. The number of hydrogen-bond acceptors (Lipinski definition) is 5. The van der Waals surface area contributed by atoms with Gasteiger partial charge in [0.05, 0.1) is 6.42 Å². The molecule has 96 valence electrons. The highest BCUT2D eigenvalue weighted by Crippen LogP contribution is 2.23. The van der Waals surface area contributed by atoms with Crippen LogP contribution in [0.3, 0.4) is 0 Å². The monoisotopic (exact) mass is 241 g/mol. The summed E-state index contributed by atoms with van der Waals surface area (Å²) in [6, 6.07) is -0.886. The van der Waals surface area contributed by atoms with Gasteiger partial charge in [-0.1, -0.05) is 0 Å². The molecule has 2 fully saturated rings. The molecule has 5 nitrogen and oxygen atoms in total. The molecule has 17 heavy (non-hydrogen) atoms. The van der Waals surface area contributed by atoms with Gasteiger partial charge in [-0.15, -0.1) is 0 Å². The SMILES string of the molecule is N[C@@H](CC(=O)OC1CCC1)C(=O)OC1CCC1. The van der Waals surface area contributed by atoms with Gasteiger partial charge in [0.25, 0.3) is 0 Å². The molecule has 0 spiro atoms. The van der Waals surface area contributed by atoms with Crippen LogP contribution in [0.2, 0.25) is 0 Å². The Morgan fingerprint density at radius 2 is 1.59 bits per heavy atom. The van der Waals surface area contributed by atoms with E-state index in [-0.39, 0.29) is 18.6 Å². The molecule has 0 radical (unpaired) electrons. The van der Waals surface area contributed by atoms with Crippen LogP contribution in [0.5, 0.6) is 0 Å². The largest absolute Gasteiger partial charge is 0.462 e. The zero-order valence-corrected chi connectivity index (χ0v) is 9.89. The number of rotatable bonds is 5. The molecule has 0 aromatic heterocycles. The number of hydrogen-bond donors (Lipinski definition) is 1. The van der Waals surface area contributed by atoms with Crippen LogP contribution in [-0.4, -0.2) is 30.2 Å². The van der Waals surface area contributed by atoms with E-state index in [1.54, 1.807) is 0 Å². The van der Waals surface area contributed by atoms with Gasteiger partial charge in [-0.05, 0) is 38.5 Å². The molecule has 2 aliphatic carbocycles. The summed E-state index contributed by atoms with van der Waals surface area (Å²) in [4.78, 5) is 22.9. The predicted molar refractivity (Wildman–Crippen MR) is 60.1 cm³/mol. The van der Waals surface area contributed by atoms with E-state index >= 15 is 0 Å². The van der Waals surface area contributed by atoms with E-state index in [1.165, 1.54) is 0 Å². The zero-order chi connectivity index (χ0) is 12.3. The van der Waals surface area contributed by atoms with Gasteiger partial charge >= 0.3 is 11.9 Å². The van der Waals surface area contributed by atoms with Crippen molar-refractivity contribution < 1.29 is 19.1 Å². The summed E-state index contributed by atoms with van der Waals surface area (Å²) in [5.74, 6) is -0.881. The second-order valence-electron chi connectivity index (χ2n) is 4.84. The van der Waals surface area contributed by atoms with Crippen LogP contribution in [0.4, 0.5) is 0 Å². The van der Waals surface area contributed by atoms with E-state index in [2.05, 4.69) is 0 Å². The van der Waals surface area contributed by atoms with Crippen molar-refractivity contribution in [2.45, 2.75) is 63.2 Å². The number of carbonyl (C=O) groups excluding carboxylic acids is 2. The molecule has 0 bridgehead atoms. The van der Waals surface area contributed by atoms with Crippen LogP contribution >= 0.6 is 0 Å². The minimum atomic E-state index is -0.886. The Kier molecular flexibility index (Phi) is 3.99. The molecule has 2 N–H and O–H groups in total.